The van der Waals surface area contributed by atoms with Gasteiger partial charge in [-0.05, 0) is 18.1 Å². The van der Waals surface area contributed by atoms with Crippen LogP contribution in [0.4, 0.5) is 17.5 Å². The molecule has 0 atom stereocenters. The lowest BCUT2D eigenvalue weighted by Crippen LogP contribution is -2.08. The van der Waals surface area contributed by atoms with Crippen LogP contribution in [0.2, 0.25) is 0 Å². The van der Waals surface area contributed by atoms with E-state index in [2.05, 4.69) is 15.3 Å². The number of nitrogens with two attached hydrogens (primary N) is 1. The summed E-state index contributed by atoms with van der Waals surface area (Å²) in [5, 5.41) is 13.5. The van der Waals surface area contributed by atoms with Crippen LogP contribution in [0.25, 0.3) is 0 Å². The molecule has 0 unspecified atom stereocenters. The van der Waals surface area contributed by atoms with E-state index in [-0.39, 0.29) is 5.69 Å². The van der Waals surface area contributed by atoms with Gasteiger partial charge in [0.05, 0.1) is 4.92 Å². The van der Waals surface area contributed by atoms with Crippen molar-refractivity contribution in [1.29, 1.82) is 0 Å². The first kappa shape index (κ1) is 12.7. The number of non-ortho nitro benzene ring substituents is 1. The summed E-state index contributed by atoms with van der Waals surface area (Å²) >= 11 is 0. The van der Waals surface area contributed by atoms with Crippen molar-refractivity contribution in [3.63, 3.8) is 0 Å². The summed E-state index contributed by atoms with van der Waals surface area (Å²) in [5.41, 5.74) is 6.63. The normalized spacial score (nSPS) is 10.1. The standard InChI is InChI=1S/C12H13N5O2/c13-11-6-8-15-12(16-11)14-7-5-9-1-3-10(4-2-9)17(18)19/h1-4,6,8H,5,7H2,(H3,13,14,15,16). The highest BCUT2D eigenvalue weighted by molar-refractivity contribution is 5.36. The second-order valence-electron chi connectivity index (χ2n) is 3.91. The predicted molar refractivity (Wildman–Crippen MR) is 71.7 cm³/mol. The van der Waals surface area contributed by atoms with Crippen LogP contribution in [-0.2, 0) is 6.42 Å². The highest BCUT2D eigenvalue weighted by Crippen LogP contribution is 2.12. The van der Waals surface area contributed by atoms with Crippen molar-refractivity contribution >= 4 is 17.5 Å². The summed E-state index contributed by atoms with van der Waals surface area (Å²) < 4.78 is 0. The number of nitro benzene ring substituents is 1. The van der Waals surface area contributed by atoms with Crippen molar-refractivity contribution in [2.45, 2.75) is 6.42 Å². The molecule has 0 bridgehead atoms. The van der Waals surface area contributed by atoms with Crippen molar-refractivity contribution in [1.82, 2.24) is 9.97 Å². The number of hydrogen-bond acceptors (Lipinski definition) is 6. The molecule has 1 heterocycles. The van der Waals surface area contributed by atoms with Crippen molar-refractivity contribution in [2.24, 2.45) is 0 Å². The maximum absolute atomic E-state index is 10.5. The number of hydrogen-bond donors (Lipinski definition) is 2. The molecule has 0 spiro atoms. The van der Waals surface area contributed by atoms with E-state index in [1.807, 2.05) is 0 Å². The number of nitrogens with one attached hydrogen (secondary N) is 1. The second-order valence-corrected chi connectivity index (χ2v) is 3.91. The number of nitro groups is 1. The van der Waals surface area contributed by atoms with Gasteiger partial charge in [0.25, 0.3) is 5.69 Å². The molecule has 0 aliphatic carbocycles. The van der Waals surface area contributed by atoms with Gasteiger partial charge in [-0.2, -0.15) is 4.98 Å². The van der Waals surface area contributed by atoms with E-state index in [9.17, 15) is 10.1 Å². The van der Waals surface area contributed by atoms with Crippen LogP contribution in [0, 0.1) is 10.1 Å². The maximum Gasteiger partial charge on any atom is 0.269 e. The van der Waals surface area contributed by atoms with Crippen LogP contribution < -0.4 is 11.1 Å². The summed E-state index contributed by atoms with van der Waals surface area (Å²) in [6, 6.07) is 8.07. The van der Waals surface area contributed by atoms with Gasteiger partial charge in [0.1, 0.15) is 5.82 Å². The van der Waals surface area contributed by atoms with Gasteiger partial charge in [0.15, 0.2) is 0 Å². The monoisotopic (exact) mass is 259 g/mol. The van der Waals surface area contributed by atoms with Gasteiger partial charge in [-0.1, -0.05) is 12.1 Å². The summed E-state index contributed by atoms with van der Waals surface area (Å²) in [4.78, 5) is 18.1. The molecule has 0 saturated heterocycles. The summed E-state index contributed by atoms with van der Waals surface area (Å²) in [6.45, 7) is 0.626. The van der Waals surface area contributed by atoms with Crippen LogP contribution in [0.1, 0.15) is 5.56 Å². The molecule has 0 saturated carbocycles. The molecule has 98 valence electrons. The molecule has 19 heavy (non-hydrogen) atoms. The van der Waals surface area contributed by atoms with E-state index in [0.29, 0.717) is 18.3 Å². The van der Waals surface area contributed by atoms with Gasteiger partial charge < -0.3 is 11.1 Å². The maximum atomic E-state index is 10.5. The third kappa shape index (κ3) is 3.63. The van der Waals surface area contributed by atoms with Gasteiger partial charge in [0.2, 0.25) is 5.95 Å². The zero-order valence-electron chi connectivity index (χ0n) is 10.1. The molecule has 2 rings (SSSR count). The molecule has 3 N–H and O–H groups in total. The minimum atomic E-state index is -0.414. The first-order valence-electron chi connectivity index (χ1n) is 5.71. The highest BCUT2D eigenvalue weighted by Gasteiger charge is 2.03. The Morgan fingerprint density at radius 3 is 2.63 bits per heavy atom. The molecule has 0 radical (unpaired) electrons. The fraction of sp³-hybridized carbons (Fsp3) is 0.167. The topological polar surface area (TPSA) is 107 Å². The Balaban J connectivity index is 1.87. The fourth-order valence-corrected chi connectivity index (χ4v) is 1.56. The van der Waals surface area contributed by atoms with Crippen molar-refractivity contribution < 1.29 is 4.92 Å². The molecule has 0 aliphatic rings. The minimum absolute atomic E-state index is 0.0934. The lowest BCUT2D eigenvalue weighted by molar-refractivity contribution is -0.384. The van der Waals surface area contributed by atoms with E-state index in [0.717, 1.165) is 12.0 Å². The highest BCUT2D eigenvalue weighted by atomic mass is 16.6. The molecule has 7 nitrogen and oxygen atoms in total. The van der Waals surface area contributed by atoms with Gasteiger partial charge >= 0.3 is 0 Å². The number of nitrogen functional groups attached to an aromatic ring is 1. The summed E-state index contributed by atoms with van der Waals surface area (Å²) in [7, 11) is 0. The number of rotatable bonds is 5. The molecule has 2 aromatic rings. The Labute approximate surface area is 109 Å². The molecule has 7 heteroatoms. The Morgan fingerprint density at radius 2 is 2.00 bits per heavy atom. The fourth-order valence-electron chi connectivity index (χ4n) is 1.56. The molecule has 0 aliphatic heterocycles. The average Bonchev–Trinajstić information content (AvgIpc) is 2.39. The quantitative estimate of drug-likeness (QED) is 0.624. The molecule has 0 amide bonds. The van der Waals surface area contributed by atoms with Crippen molar-refractivity contribution in [3.05, 3.63) is 52.2 Å². The van der Waals surface area contributed by atoms with Crippen LogP contribution in [0.5, 0.6) is 0 Å². The van der Waals surface area contributed by atoms with E-state index in [1.54, 1.807) is 24.4 Å². The number of aromatic nitrogens is 2. The Morgan fingerprint density at radius 1 is 1.26 bits per heavy atom. The lowest BCUT2D eigenvalue weighted by atomic mass is 10.1. The number of nitrogens with zero attached hydrogens (tertiary/aromatic N) is 3. The van der Waals surface area contributed by atoms with Crippen molar-refractivity contribution in [3.8, 4) is 0 Å². The molecule has 0 fully saturated rings. The zero-order chi connectivity index (χ0) is 13.7. The minimum Gasteiger partial charge on any atom is -0.384 e. The van der Waals surface area contributed by atoms with Gasteiger partial charge in [0, 0.05) is 24.9 Å². The smallest absolute Gasteiger partial charge is 0.269 e. The summed E-state index contributed by atoms with van der Waals surface area (Å²) in [5.74, 6) is 0.884. The van der Waals surface area contributed by atoms with E-state index in [1.165, 1.54) is 12.1 Å². The predicted octanol–water partition coefficient (Wildman–Crippen LogP) is 1.62. The second kappa shape index (κ2) is 5.76. The Kier molecular flexibility index (Phi) is 3.87. The first-order chi connectivity index (χ1) is 9.15. The Bertz CT molecular complexity index is 571. The van der Waals surface area contributed by atoms with Crippen molar-refractivity contribution in [2.75, 3.05) is 17.6 Å². The van der Waals surface area contributed by atoms with Crippen LogP contribution >= 0.6 is 0 Å². The molecule has 1 aromatic heterocycles. The molecular weight excluding hydrogens is 246 g/mol. The number of anilines is 2. The van der Waals surface area contributed by atoms with Crippen LogP contribution in [0.15, 0.2) is 36.5 Å². The average molecular weight is 259 g/mol. The Hall–Kier alpha value is -2.70. The number of benzene rings is 1. The largest absolute Gasteiger partial charge is 0.384 e. The molecule has 1 aromatic carbocycles. The van der Waals surface area contributed by atoms with Crippen LogP contribution in [-0.4, -0.2) is 21.4 Å². The van der Waals surface area contributed by atoms with E-state index < -0.39 is 4.92 Å². The van der Waals surface area contributed by atoms with Gasteiger partial charge in [-0.3, -0.25) is 10.1 Å². The van der Waals surface area contributed by atoms with E-state index in [4.69, 9.17) is 5.73 Å². The van der Waals surface area contributed by atoms with Crippen LogP contribution in [0.3, 0.4) is 0 Å². The first-order valence-corrected chi connectivity index (χ1v) is 5.71. The lowest BCUT2D eigenvalue weighted by Gasteiger charge is -2.05. The third-order valence-corrected chi connectivity index (χ3v) is 2.52. The van der Waals surface area contributed by atoms with Gasteiger partial charge in [-0.25, -0.2) is 4.98 Å². The summed E-state index contributed by atoms with van der Waals surface area (Å²) in [6.07, 6.45) is 2.30. The van der Waals surface area contributed by atoms with Gasteiger partial charge in [-0.15, -0.1) is 0 Å². The SMILES string of the molecule is Nc1ccnc(NCCc2ccc([N+](=O)[O-])cc2)n1. The third-order valence-electron chi connectivity index (χ3n) is 2.52. The molecular formula is C12H13N5O2. The van der Waals surface area contributed by atoms with E-state index >= 15 is 0 Å². The zero-order valence-corrected chi connectivity index (χ0v) is 10.1.